The highest BCUT2D eigenvalue weighted by Crippen LogP contribution is 2.31. The van der Waals surface area contributed by atoms with E-state index in [0.29, 0.717) is 33.4 Å². The number of nitrogen functional groups attached to an aromatic ring is 1. The quantitative estimate of drug-likeness (QED) is 0.139. The topological polar surface area (TPSA) is 111 Å². The Labute approximate surface area is 209 Å². The normalized spacial score (nSPS) is 12.2. The number of aromatic nitrogens is 1. The lowest BCUT2D eigenvalue weighted by molar-refractivity contribution is -0.928. The largest absolute Gasteiger partial charge is 1.00 e. The first-order valence-electron chi connectivity index (χ1n) is 11.0. The number of fused-ring (bicyclic) bond motifs is 2. The van der Waals surface area contributed by atoms with Crippen LogP contribution >= 0.6 is 0 Å². The van der Waals surface area contributed by atoms with Crippen molar-refractivity contribution in [3.8, 4) is 0 Å². The first kappa shape index (κ1) is 25.9. The van der Waals surface area contributed by atoms with Crippen LogP contribution in [-0.4, -0.2) is 40.6 Å². The van der Waals surface area contributed by atoms with Gasteiger partial charge in [0.1, 0.15) is 6.54 Å². The van der Waals surface area contributed by atoms with E-state index in [1.807, 2.05) is 52.2 Å². The Morgan fingerprint density at radius 3 is 2.37 bits per heavy atom. The predicted octanol–water partition coefficient (Wildman–Crippen LogP) is 1.54. The molecule has 1 heterocycles. The first-order chi connectivity index (χ1) is 16.1. The Kier molecular flexibility index (Phi) is 7.28. The molecule has 0 fully saturated rings. The van der Waals surface area contributed by atoms with Crippen LogP contribution in [0.3, 0.4) is 0 Å². The summed E-state index contributed by atoms with van der Waals surface area (Å²) in [6, 6.07) is 17.9. The van der Waals surface area contributed by atoms with Crippen molar-refractivity contribution in [3.05, 3.63) is 87.5 Å². The third kappa shape index (κ3) is 4.89. The maximum atomic E-state index is 13.4. The number of quaternary nitrogens is 1. The highest BCUT2D eigenvalue weighted by molar-refractivity contribution is 6.13. The summed E-state index contributed by atoms with van der Waals surface area (Å²) in [7, 11) is 3.86. The Morgan fingerprint density at radius 2 is 1.69 bits per heavy atom. The molecule has 0 radical (unpaired) electrons. The van der Waals surface area contributed by atoms with Crippen LogP contribution in [0.5, 0.6) is 0 Å². The number of anilines is 1. The van der Waals surface area contributed by atoms with Gasteiger partial charge in [0.05, 0.1) is 46.9 Å². The molecular weight excluding hydrogens is 466 g/mol. The zero-order valence-electron chi connectivity index (χ0n) is 20.1. The maximum Gasteiger partial charge on any atom is 0.278 e. The summed E-state index contributed by atoms with van der Waals surface area (Å²) in [5.41, 5.74) is 10.5. The number of rotatable bonds is 6. The van der Waals surface area contributed by atoms with Crippen LogP contribution < -0.4 is 23.5 Å². The smallest absolute Gasteiger partial charge is 0.278 e. The molecule has 4 aromatic rings. The first-order valence-corrected chi connectivity index (χ1v) is 11.0. The fourth-order valence-corrected chi connectivity index (χ4v) is 4.19. The summed E-state index contributed by atoms with van der Waals surface area (Å²) in [6.07, 6.45) is -0.331. The number of pyridine rings is 1. The fourth-order valence-electron chi connectivity index (χ4n) is 4.19. The number of carbonyl (C=O) groups excluding carboxylic acids is 1. The number of carbonyl (C=O) groups is 1. The molecule has 0 aliphatic carbocycles. The maximum absolute atomic E-state index is 13.4. The average Bonchev–Trinajstić information content (AvgIpc) is 2.79. The van der Waals surface area contributed by atoms with Crippen molar-refractivity contribution in [1.29, 1.82) is 0 Å². The molecule has 9 heteroatoms. The summed E-state index contributed by atoms with van der Waals surface area (Å²) in [5, 5.41) is 16.1. The lowest BCUT2D eigenvalue weighted by Gasteiger charge is -2.36. The molecule has 0 bridgehead atoms. The Bertz CT molecular complexity index is 1440. The minimum Gasteiger partial charge on any atom is -1.00 e. The van der Waals surface area contributed by atoms with Gasteiger partial charge in [-0.1, -0.05) is 42.5 Å². The molecule has 8 nitrogen and oxygen atoms in total. The van der Waals surface area contributed by atoms with Crippen LogP contribution in [0.2, 0.25) is 0 Å². The molecule has 1 unspecified atom stereocenters. The number of para-hydroxylation sites is 3. The minimum atomic E-state index is -0.378. The third-order valence-corrected chi connectivity index (χ3v) is 6.48. The van der Waals surface area contributed by atoms with E-state index in [2.05, 4.69) is 5.32 Å². The summed E-state index contributed by atoms with van der Waals surface area (Å²) in [6.45, 7) is 4.23. The van der Waals surface area contributed by atoms with E-state index < -0.39 is 0 Å². The Morgan fingerprint density at radius 1 is 1.06 bits per heavy atom. The number of nitro groups is 1. The van der Waals surface area contributed by atoms with Crippen molar-refractivity contribution in [2.24, 2.45) is 0 Å². The molecule has 0 aliphatic rings. The van der Waals surface area contributed by atoms with E-state index in [4.69, 9.17) is 10.7 Å². The molecule has 0 aliphatic heterocycles. The van der Waals surface area contributed by atoms with Gasteiger partial charge in [0.25, 0.3) is 11.6 Å². The van der Waals surface area contributed by atoms with E-state index in [1.165, 1.54) is 6.07 Å². The fraction of sp³-hybridized carbons (Fsp3) is 0.231. The Hall–Kier alpha value is -3.75. The molecule has 3 N–H and O–H groups in total. The predicted molar refractivity (Wildman–Crippen MR) is 134 cm³/mol. The molecule has 0 saturated carbocycles. The molecule has 0 saturated heterocycles. The third-order valence-electron chi connectivity index (χ3n) is 6.48. The second-order valence-corrected chi connectivity index (χ2v) is 9.17. The van der Waals surface area contributed by atoms with E-state index >= 15 is 0 Å². The van der Waals surface area contributed by atoms with Gasteiger partial charge in [-0.3, -0.25) is 14.9 Å². The van der Waals surface area contributed by atoms with Crippen molar-refractivity contribution in [2.75, 3.05) is 19.8 Å². The zero-order valence-corrected chi connectivity index (χ0v) is 20.8. The van der Waals surface area contributed by atoms with E-state index in [-0.39, 0.29) is 35.1 Å². The van der Waals surface area contributed by atoms with Crippen molar-refractivity contribution >= 4 is 39.1 Å². The SMILES string of the molecule is Cc1cccc2c(N)c3cccc(C(=O)NC(C)[N+](C)(C)Cc4ccccc4[N+](=O)[O-])c3nc12.[Cl-]. The number of amides is 1. The van der Waals surface area contributed by atoms with E-state index in [9.17, 15) is 14.9 Å². The van der Waals surface area contributed by atoms with E-state index in [0.717, 1.165) is 21.9 Å². The molecule has 1 aromatic heterocycles. The molecule has 4 rings (SSSR count). The van der Waals surface area contributed by atoms with Crippen LogP contribution in [0.4, 0.5) is 11.4 Å². The van der Waals surface area contributed by atoms with Gasteiger partial charge in [0, 0.05) is 23.8 Å². The molecule has 3 aromatic carbocycles. The highest BCUT2D eigenvalue weighted by Gasteiger charge is 2.30. The zero-order chi connectivity index (χ0) is 24.6. The monoisotopic (exact) mass is 493 g/mol. The van der Waals surface area contributed by atoms with Crippen LogP contribution in [0.1, 0.15) is 28.4 Å². The summed E-state index contributed by atoms with van der Waals surface area (Å²) in [5.74, 6) is -0.272. The van der Waals surface area contributed by atoms with Crippen LogP contribution in [0.25, 0.3) is 21.8 Å². The van der Waals surface area contributed by atoms with Gasteiger partial charge in [-0.15, -0.1) is 0 Å². The van der Waals surface area contributed by atoms with Gasteiger partial charge in [0.2, 0.25) is 0 Å². The van der Waals surface area contributed by atoms with Gasteiger partial charge in [-0.25, -0.2) is 4.98 Å². The molecule has 0 spiro atoms. The van der Waals surface area contributed by atoms with Crippen molar-refractivity contribution < 1.29 is 26.6 Å². The van der Waals surface area contributed by atoms with E-state index in [1.54, 1.807) is 30.3 Å². The number of nitrogens with zero attached hydrogens (tertiary/aromatic N) is 3. The minimum absolute atomic E-state index is 0. The molecule has 35 heavy (non-hydrogen) atoms. The van der Waals surface area contributed by atoms with Gasteiger partial charge < -0.3 is 27.9 Å². The number of benzene rings is 3. The average molecular weight is 494 g/mol. The summed E-state index contributed by atoms with van der Waals surface area (Å²) < 4.78 is 0.318. The lowest BCUT2D eigenvalue weighted by atomic mass is 10.0. The standard InChI is InChI=1S/C26H27N5O3.ClH/c1-16-9-7-11-19-23(27)20-12-8-13-21(25(20)29-24(16)19)26(32)28-17(2)31(3,4)15-18-10-5-6-14-22(18)30(33)34;/h5-14,17H,15H2,1-4H3,(H2-,27,28,29,32);1H. The number of nitrogens with two attached hydrogens (primary N) is 1. The highest BCUT2D eigenvalue weighted by atomic mass is 35.5. The summed E-state index contributed by atoms with van der Waals surface area (Å²) >= 11 is 0. The molecule has 1 atom stereocenters. The van der Waals surface area contributed by atoms with Crippen molar-refractivity contribution in [1.82, 2.24) is 10.3 Å². The number of hydrogen-bond acceptors (Lipinski definition) is 5. The number of aryl methyl sites for hydroxylation is 1. The molecular formula is C26H28ClN5O3. The van der Waals surface area contributed by atoms with Crippen LogP contribution in [0.15, 0.2) is 60.7 Å². The van der Waals surface area contributed by atoms with Gasteiger partial charge in [0.15, 0.2) is 6.17 Å². The van der Waals surface area contributed by atoms with Crippen molar-refractivity contribution in [2.45, 2.75) is 26.6 Å². The number of nitrogens with one attached hydrogen (secondary N) is 1. The number of nitro benzene ring substituents is 1. The molecule has 182 valence electrons. The summed E-state index contributed by atoms with van der Waals surface area (Å²) in [4.78, 5) is 29.2. The van der Waals surface area contributed by atoms with Gasteiger partial charge in [-0.05, 0) is 24.6 Å². The van der Waals surface area contributed by atoms with Crippen LogP contribution in [0, 0.1) is 17.0 Å². The lowest BCUT2D eigenvalue weighted by Crippen LogP contribution is -3.00. The number of halogens is 1. The number of hydrogen-bond donors (Lipinski definition) is 2. The Balaban J connectivity index is 0.00000342. The second-order valence-electron chi connectivity index (χ2n) is 9.17. The van der Waals surface area contributed by atoms with Crippen molar-refractivity contribution in [3.63, 3.8) is 0 Å². The second kappa shape index (κ2) is 9.85. The van der Waals surface area contributed by atoms with Gasteiger partial charge in [-0.2, -0.15) is 0 Å². The molecule has 1 amide bonds. The van der Waals surface area contributed by atoms with Crippen LogP contribution in [-0.2, 0) is 6.54 Å². The van der Waals surface area contributed by atoms with Gasteiger partial charge >= 0.3 is 0 Å².